The van der Waals surface area contributed by atoms with Gasteiger partial charge in [-0.2, -0.15) is 13.2 Å². The van der Waals surface area contributed by atoms with Crippen LogP contribution in [-0.4, -0.2) is 11.1 Å². The highest BCUT2D eigenvalue weighted by atomic mass is 32.1. The molecular formula is C26H27F3O3S. The fourth-order valence-corrected chi connectivity index (χ4v) is 4.71. The molecule has 2 aromatic carbocycles. The molecule has 3 nitrogen and oxygen atoms in total. The molecule has 0 aliphatic rings. The SMILES string of the molecule is Cc1cc(OCc2sc(-c3ccc(C(F)(F)F)cc3)cc2CC(C)C)ccc1CCC(=O)O. The molecule has 0 unspecified atom stereocenters. The van der Waals surface area contributed by atoms with Crippen LogP contribution in [-0.2, 0) is 30.4 Å². The second-order valence-electron chi connectivity index (χ2n) is 8.50. The zero-order valence-corrected chi connectivity index (χ0v) is 19.6. The van der Waals surface area contributed by atoms with Crippen molar-refractivity contribution in [3.63, 3.8) is 0 Å². The first-order valence-corrected chi connectivity index (χ1v) is 11.6. The largest absolute Gasteiger partial charge is 0.488 e. The first-order valence-electron chi connectivity index (χ1n) is 10.8. The Labute approximate surface area is 195 Å². The third kappa shape index (κ3) is 6.84. The molecule has 0 fully saturated rings. The summed E-state index contributed by atoms with van der Waals surface area (Å²) >= 11 is 1.53. The van der Waals surface area contributed by atoms with Crippen LogP contribution in [0.3, 0.4) is 0 Å². The lowest BCUT2D eigenvalue weighted by Crippen LogP contribution is -2.03. The minimum absolute atomic E-state index is 0.0848. The Bertz CT molecular complexity index is 1100. The summed E-state index contributed by atoms with van der Waals surface area (Å²) in [6, 6.07) is 12.9. The van der Waals surface area contributed by atoms with Gasteiger partial charge < -0.3 is 9.84 Å². The Morgan fingerprint density at radius 1 is 1.06 bits per heavy atom. The van der Waals surface area contributed by atoms with E-state index in [0.29, 0.717) is 24.7 Å². The number of halogens is 3. The lowest BCUT2D eigenvalue weighted by molar-refractivity contribution is -0.138. The lowest BCUT2D eigenvalue weighted by atomic mass is 10.0. The maximum absolute atomic E-state index is 12.9. The molecule has 0 aliphatic heterocycles. The maximum Gasteiger partial charge on any atom is 0.416 e. The average molecular weight is 477 g/mol. The number of thiophene rings is 1. The highest BCUT2D eigenvalue weighted by Gasteiger charge is 2.30. The van der Waals surface area contributed by atoms with Crippen molar-refractivity contribution in [3.8, 4) is 16.2 Å². The molecular weight excluding hydrogens is 449 g/mol. The minimum Gasteiger partial charge on any atom is -0.488 e. The summed E-state index contributed by atoms with van der Waals surface area (Å²) < 4.78 is 44.7. The molecule has 3 aromatic rings. The van der Waals surface area contributed by atoms with Crippen LogP contribution in [0.15, 0.2) is 48.5 Å². The number of carbonyl (C=O) groups is 1. The van der Waals surface area contributed by atoms with Gasteiger partial charge in [0, 0.05) is 16.2 Å². The molecule has 3 rings (SSSR count). The smallest absolute Gasteiger partial charge is 0.416 e. The van der Waals surface area contributed by atoms with Crippen molar-refractivity contribution < 1.29 is 27.8 Å². The van der Waals surface area contributed by atoms with E-state index in [1.165, 1.54) is 23.5 Å². The predicted octanol–water partition coefficient (Wildman–Crippen LogP) is 7.54. The van der Waals surface area contributed by atoms with E-state index < -0.39 is 17.7 Å². The van der Waals surface area contributed by atoms with E-state index in [1.807, 2.05) is 31.2 Å². The second kappa shape index (κ2) is 10.4. The van der Waals surface area contributed by atoms with Crippen LogP contribution >= 0.6 is 11.3 Å². The van der Waals surface area contributed by atoms with Crippen molar-refractivity contribution in [2.75, 3.05) is 0 Å². The van der Waals surface area contributed by atoms with Gasteiger partial charge in [0.2, 0.25) is 0 Å². The molecule has 1 N–H and O–H groups in total. The van der Waals surface area contributed by atoms with E-state index in [0.717, 1.165) is 50.6 Å². The average Bonchev–Trinajstić information content (AvgIpc) is 3.13. The highest BCUT2D eigenvalue weighted by Crippen LogP contribution is 2.36. The van der Waals surface area contributed by atoms with Gasteiger partial charge in [0.25, 0.3) is 0 Å². The van der Waals surface area contributed by atoms with Crippen molar-refractivity contribution in [2.45, 2.75) is 52.8 Å². The van der Waals surface area contributed by atoms with Crippen molar-refractivity contribution in [2.24, 2.45) is 5.92 Å². The number of alkyl halides is 3. The van der Waals surface area contributed by atoms with E-state index >= 15 is 0 Å². The maximum atomic E-state index is 12.9. The zero-order valence-electron chi connectivity index (χ0n) is 18.8. The van der Waals surface area contributed by atoms with Gasteiger partial charge in [-0.1, -0.05) is 32.0 Å². The standard InChI is InChI=1S/C26H27F3O3S/c1-16(2)12-20-14-23(19-4-8-21(9-5-19)26(27,28)29)33-24(20)15-32-22-10-6-18(17(3)13-22)7-11-25(30)31/h4-6,8-10,13-14,16H,7,11-12,15H2,1-3H3,(H,30,31). The Hall–Kier alpha value is -2.80. The van der Waals surface area contributed by atoms with E-state index in [1.54, 1.807) is 0 Å². The summed E-state index contributed by atoms with van der Waals surface area (Å²) in [5, 5.41) is 8.88. The van der Waals surface area contributed by atoms with Gasteiger partial charge in [0.05, 0.1) is 5.56 Å². The molecule has 0 amide bonds. The Morgan fingerprint density at radius 3 is 2.33 bits per heavy atom. The number of rotatable bonds is 9. The first-order chi connectivity index (χ1) is 15.5. The molecule has 0 saturated heterocycles. The summed E-state index contributed by atoms with van der Waals surface area (Å²) in [6.45, 7) is 6.54. The monoisotopic (exact) mass is 476 g/mol. The molecule has 7 heteroatoms. The molecule has 1 aromatic heterocycles. The van der Waals surface area contributed by atoms with Crippen molar-refractivity contribution >= 4 is 17.3 Å². The third-order valence-corrected chi connectivity index (χ3v) is 6.51. The Balaban J connectivity index is 1.77. The van der Waals surface area contributed by atoms with Crippen molar-refractivity contribution in [1.82, 2.24) is 0 Å². The minimum atomic E-state index is -4.35. The summed E-state index contributed by atoms with van der Waals surface area (Å²) in [6.07, 6.45) is -2.94. The molecule has 1 heterocycles. The molecule has 0 atom stereocenters. The molecule has 0 bridgehead atoms. The van der Waals surface area contributed by atoms with Gasteiger partial charge in [-0.3, -0.25) is 4.79 Å². The number of aliphatic carboxylic acids is 1. The summed E-state index contributed by atoms with van der Waals surface area (Å²) in [4.78, 5) is 12.8. The van der Waals surface area contributed by atoms with Gasteiger partial charge in [-0.25, -0.2) is 0 Å². The topological polar surface area (TPSA) is 46.5 Å². The van der Waals surface area contributed by atoms with E-state index in [-0.39, 0.29) is 6.42 Å². The van der Waals surface area contributed by atoms with Crippen LogP contribution in [0.25, 0.3) is 10.4 Å². The predicted molar refractivity (Wildman–Crippen MR) is 125 cm³/mol. The number of ether oxygens (including phenoxy) is 1. The number of carboxylic acid groups (broad SMARTS) is 1. The van der Waals surface area contributed by atoms with Gasteiger partial charge in [-0.05, 0) is 78.3 Å². The zero-order chi connectivity index (χ0) is 24.2. The van der Waals surface area contributed by atoms with E-state index in [2.05, 4.69) is 13.8 Å². The number of benzene rings is 2. The first kappa shape index (κ1) is 24.8. The summed E-state index contributed by atoms with van der Waals surface area (Å²) in [5.41, 5.74) is 3.19. The quantitative estimate of drug-likeness (QED) is 0.347. The molecule has 33 heavy (non-hydrogen) atoms. The molecule has 0 aliphatic carbocycles. The summed E-state index contributed by atoms with van der Waals surface area (Å²) in [7, 11) is 0. The lowest BCUT2D eigenvalue weighted by Gasteiger charge is -2.11. The van der Waals surface area contributed by atoms with Crippen molar-refractivity contribution in [3.05, 3.63) is 75.7 Å². The van der Waals surface area contributed by atoms with Crippen molar-refractivity contribution in [1.29, 1.82) is 0 Å². The van der Waals surface area contributed by atoms with Crippen LogP contribution < -0.4 is 4.74 Å². The van der Waals surface area contributed by atoms with E-state index in [9.17, 15) is 18.0 Å². The fraction of sp³-hybridized carbons (Fsp3) is 0.346. The molecule has 176 valence electrons. The van der Waals surface area contributed by atoms with Crippen LogP contribution in [0, 0.1) is 12.8 Å². The van der Waals surface area contributed by atoms with Crippen LogP contribution in [0.4, 0.5) is 13.2 Å². The number of hydrogen-bond donors (Lipinski definition) is 1. The molecule has 0 radical (unpaired) electrons. The number of hydrogen-bond acceptors (Lipinski definition) is 3. The Kier molecular flexibility index (Phi) is 7.84. The van der Waals surface area contributed by atoms with Gasteiger partial charge in [0.15, 0.2) is 0 Å². The highest BCUT2D eigenvalue weighted by molar-refractivity contribution is 7.15. The number of aryl methyl sites for hydroxylation is 2. The van der Waals surface area contributed by atoms with Gasteiger partial charge in [-0.15, -0.1) is 11.3 Å². The van der Waals surface area contributed by atoms with Gasteiger partial charge >= 0.3 is 12.1 Å². The number of carboxylic acids is 1. The van der Waals surface area contributed by atoms with Crippen LogP contribution in [0.5, 0.6) is 5.75 Å². The van der Waals surface area contributed by atoms with E-state index in [4.69, 9.17) is 9.84 Å². The van der Waals surface area contributed by atoms with Crippen LogP contribution in [0.2, 0.25) is 0 Å². The summed E-state index contributed by atoms with van der Waals surface area (Å²) in [5.74, 6) is 0.301. The van der Waals surface area contributed by atoms with Crippen LogP contribution in [0.1, 0.15) is 47.4 Å². The van der Waals surface area contributed by atoms with Gasteiger partial charge in [0.1, 0.15) is 12.4 Å². The fourth-order valence-electron chi connectivity index (χ4n) is 3.60. The second-order valence-corrected chi connectivity index (χ2v) is 9.64. The molecule has 0 saturated carbocycles. The Morgan fingerprint density at radius 2 is 1.76 bits per heavy atom. The third-order valence-electron chi connectivity index (χ3n) is 5.31. The normalized spacial score (nSPS) is 11.7. The molecule has 0 spiro atoms.